The molecule has 0 fully saturated rings. The molecule has 5 heteroatoms. The molecule has 5 nitrogen and oxygen atoms in total. The molecular weight excluding hydrogens is 324 g/mol. The highest BCUT2D eigenvalue weighted by Crippen LogP contribution is 2.19. The fourth-order valence-electron chi connectivity index (χ4n) is 2.90. The molecule has 1 aromatic heterocycles. The molecule has 3 rings (SSSR count). The van der Waals surface area contributed by atoms with Gasteiger partial charge in [0.15, 0.2) is 5.82 Å². The van der Waals surface area contributed by atoms with Crippen molar-refractivity contribution in [2.45, 2.75) is 13.8 Å². The Morgan fingerprint density at radius 1 is 1.15 bits per heavy atom. The largest absolute Gasteiger partial charge is 0.372 e. The van der Waals surface area contributed by atoms with Crippen molar-refractivity contribution >= 4 is 28.2 Å². The summed E-state index contributed by atoms with van der Waals surface area (Å²) in [5, 5.41) is 10.0. The zero-order chi connectivity index (χ0) is 18.5. The van der Waals surface area contributed by atoms with Gasteiger partial charge in [-0.05, 0) is 49.8 Å². The topological polar surface area (TPSA) is 72.8 Å². The van der Waals surface area contributed by atoms with E-state index in [0.29, 0.717) is 16.5 Å². The molecule has 3 aromatic rings. The number of nitriles is 1. The number of nitrogens with one attached hydrogen (secondary N) is 1. The number of anilines is 1. The number of aromatic nitrogens is 2. The fraction of sp³-hybridized carbons (Fsp3) is 0.190. The molecular formula is C21H20N4O. The SMILES string of the molecule is CCN(CC)c1ccc(/C=C(\C#N)c2nc3ccccc3c(=O)[nH]2)cc1. The predicted molar refractivity (Wildman–Crippen MR) is 106 cm³/mol. The number of nitrogens with zero attached hydrogens (tertiary/aromatic N) is 3. The Hall–Kier alpha value is -3.39. The lowest BCUT2D eigenvalue weighted by molar-refractivity contribution is 0.866. The molecule has 0 aliphatic heterocycles. The molecule has 0 radical (unpaired) electrons. The third-order valence-corrected chi connectivity index (χ3v) is 4.32. The van der Waals surface area contributed by atoms with Crippen molar-refractivity contribution in [1.29, 1.82) is 5.26 Å². The van der Waals surface area contributed by atoms with Crippen molar-refractivity contribution in [2.24, 2.45) is 0 Å². The maximum Gasteiger partial charge on any atom is 0.259 e. The second-order valence-electron chi connectivity index (χ2n) is 5.87. The molecule has 0 aliphatic rings. The second-order valence-corrected chi connectivity index (χ2v) is 5.87. The van der Waals surface area contributed by atoms with Gasteiger partial charge in [0, 0.05) is 18.8 Å². The zero-order valence-corrected chi connectivity index (χ0v) is 14.9. The first-order valence-corrected chi connectivity index (χ1v) is 8.62. The molecule has 1 heterocycles. The van der Waals surface area contributed by atoms with Crippen LogP contribution in [-0.4, -0.2) is 23.1 Å². The van der Waals surface area contributed by atoms with E-state index >= 15 is 0 Å². The minimum absolute atomic E-state index is 0.247. The van der Waals surface area contributed by atoms with E-state index in [1.165, 1.54) is 0 Å². The van der Waals surface area contributed by atoms with Crippen molar-refractivity contribution in [3.8, 4) is 6.07 Å². The van der Waals surface area contributed by atoms with Crippen molar-refractivity contribution in [3.05, 3.63) is 70.3 Å². The van der Waals surface area contributed by atoms with Crippen LogP contribution in [0.3, 0.4) is 0 Å². The lowest BCUT2D eigenvalue weighted by atomic mass is 10.1. The van der Waals surface area contributed by atoms with Crippen molar-refractivity contribution in [1.82, 2.24) is 9.97 Å². The van der Waals surface area contributed by atoms with Gasteiger partial charge in [-0.3, -0.25) is 4.79 Å². The Kier molecular flexibility index (Phi) is 5.14. The van der Waals surface area contributed by atoms with Gasteiger partial charge in [-0.25, -0.2) is 4.98 Å². The number of benzene rings is 2. The smallest absolute Gasteiger partial charge is 0.259 e. The normalized spacial score (nSPS) is 11.3. The molecule has 130 valence electrons. The average Bonchev–Trinajstić information content (AvgIpc) is 2.68. The first-order valence-electron chi connectivity index (χ1n) is 8.62. The Labute approximate surface area is 152 Å². The quantitative estimate of drug-likeness (QED) is 0.714. The number of hydrogen-bond donors (Lipinski definition) is 1. The van der Waals surface area contributed by atoms with Crippen LogP contribution in [0.1, 0.15) is 25.2 Å². The van der Waals surface area contributed by atoms with Crippen LogP contribution in [0.25, 0.3) is 22.6 Å². The number of H-pyrrole nitrogens is 1. The Morgan fingerprint density at radius 2 is 1.85 bits per heavy atom. The van der Waals surface area contributed by atoms with Crippen LogP contribution >= 0.6 is 0 Å². The van der Waals surface area contributed by atoms with Gasteiger partial charge in [-0.15, -0.1) is 0 Å². The minimum atomic E-state index is -0.247. The van der Waals surface area contributed by atoms with E-state index in [-0.39, 0.29) is 11.4 Å². The summed E-state index contributed by atoms with van der Waals surface area (Å²) in [6.45, 7) is 6.12. The van der Waals surface area contributed by atoms with E-state index in [1.807, 2.05) is 30.3 Å². The van der Waals surface area contributed by atoms with Crippen LogP contribution in [0.2, 0.25) is 0 Å². The number of fused-ring (bicyclic) bond motifs is 1. The van der Waals surface area contributed by atoms with E-state index in [4.69, 9.17) is 0 Å². The molecule has 0 spiro atoms. The molecule has 0 atom stereocenters. The van der Waals surface area contributed by atoms with Gasteiger partial charge in [-0.1, -0.05) is 24.3 Å². The maximum atomic E-state index is 12.2. The van der Waals surface area contributed by atoms with Crippen LogP contribution in [0.5, 0.6) is 0 Å². The number of hydrogen-bond acceptors (Lipinski definition) is 4. The molecule has 1 N–H and O–H groups in total. The molecule has 0 bridgehead atoms. The first-order chi connectivity index (χ1) is 12.7. The third-order valence-electron chi connectivity index (χ3n) is 4.32. The summed E-state index contributed by atoms with van der Waals surface area (Å²) in [4.78, 5) is 21.6. The highest BCUT2D eigenvalue weighted by Gasteiger charge is 2.08. The Morgan fingerprint density at radius 3 is 2.50 bits per heavy atom. The van der Waals surface area contributed by atoms with E-state index < -0.39 is 0 Å². The lowest BCUT2D eigenvalue weighted by Gasteiger charge is -2.20. The monoisotopic (exact) mass is 344 g/mol. The second kappa shape index (κ2) is 7.66. The van der Waals surface area contributed by atoms with Crippen LogP contribution in [-0.2, 0) is 0 Å². The van der Waals surface area contributed by atoms with E-state index in [2.05, 4.69) is 34.8 Å². The summed E-state index contributed by atoms with van der Waals surface area (Å²) < 4.78 is 0. The van der Waals surface area contributed by atoms with Crippen LogP contribution < -0.4 is 10.5 Å². The predicted octanol–water partition coefficient (Wildman–Crippen LogP) is 3.83. The van der Waals surface area contributed by atoms with Crippen molar-refractivity contribution < 1.29 is 0 Å². The number of rotatable bonds is 5. The molecule has 0 unspecified atom stereocenters. The van der Waals surface area contributed by atoms with E-state index in [9.17, 15) is 10.1 Å². The summed E-state index contributed by atoms with van der Waals surface area (Å²) in [5.41, 5.74) is 2.67. The van der Waals surface area contributed by atoms with Crippen LogP contribution in [0.15, 0.2) is 53.3 Å². The molecule has 0 saturated carbocycles. The molecule has 2 aromatic carbocycles. The Bertz CT molecular complexity index is 1040. The third kappa shape index (κ3) is 3.50. The molecule has 0 saturated heterocycles. The fourth-order valence-corrected chi connectivity index (χ4v) is 2.90. The standard InChI is InChI=1S/C21H20N4O/c1-3-25(4-2)17-11-9-15(10-12-17)13-16(14-22)20-23-19-8-6-5-7-18(19)21(26)24-20/h5-13H,3-4H2,1-2H3,(H,23,24,26)/b16-13+. The number of aromatic amines is 1. The van der Waals surface area contributed by atoms with E-state index in [0.717, 1.165) is 24.3 Å². The molecule has 0 amide bonds. The molecule has 26 heavy (non-hydrogen) atoms. The number of allylic oxidation sites excluding steroid dienone is 1. The Balaban J connectivity index is 1.99. The summed E-state index contributed by atoms with van der Waals surface area (Å²) in [7, 11) is 0. The van der Waals surface area contributed by atoms with Gasteiger partial charge < -0.3 is 9.88 Å². The zero-order valence-electron chi connectivity index (χ0n) is 14.9. The van der Waals surface area contributed by atoms with E-state index in [1.54, 1.807) is 24.3 Å². The average molecular weight is 344 g/mol. The summed E-state index contributed by atoms with van der Waals surface area (Å²) in [5.74, 6) is 0.281. The van der Waals surface area contributed by atoms with Gasteiger partial charge in [0.2, 0.25) is 0 Å². The number of para-hydroxylation sites is 1. The van der Waals surface area contributed by atoms with Crippen molar-refractivity contribution in [2.75, 3.05) is 18.0 Å². The van der Waals surface area contributed by atoms with Crippen LogP contribution in [0, 0.1) is 11.3 Å². The maximum absolute atomic E-state index is 12.2. The first kappa shape index (κ1) is 17.4. The minimum Gasteiger partial charge on any atom is -0.372 e. The van der Waals surface area contributed by atoms with Gasteiger partial charge >= 0.3 is 0 Å². The lowest BCUT2D eigenvalue weighted by Crippen LogP contribution is -2.21. The van der Waals surface area contributed by atoms with Gasteiger partial charge in [0.25, 0.3) is 5.56 Å². The summed E-state index contributed by atoms with van der Waals surface area (Å²) in [6.07, 6.45) is 1.74. The highest BCUT2D eigenvalue weighted by molar-refractivity contribution is 5.89. The summed E-state index contributed by atoms with van der Waals surface area (Å²) >= 11 is 0. The van der Waals surface area contributed by atoms with Gasteiger partial charge in [0.1, 0.15) is 6.07 Å². The molecule has 0 aliphatic carbocycles. The summed E-state index contributed by atoms with van der Waals surface area (Å²) in [6, 6.07) is 17.2. The van der Waals surface area contributed by atoms with Gasteiger partial charge in [0.05, 0.1) is 16.5 Å². The van der Waals surface area contributed by atoms with Crippen molar-refractivity contribution in [3.63, 3.8) is 0 Å². The highest BCUT2D eigenvalue weighted by atomic mass is 16.1. The van der Waals surface area contributed by atoms with Crippen LogP contribution in [0.4, 0.5) is 5.69 Å². The van der Waals surface area contributed by atoms with Gasteiger partial charge in [-0.2, -0.15) is 5.26 Å².